The third-order valence-electron chi connectivity index (χ3n) is 2.72. The summed E-state index contributed by atoms with van der Waals surface area (Å²) in [6.07, 6.45) is 4.37. The molecule has 0 bridgehead atoms. The highest BCUT2D eigenvalue weighted by molar-refractivity contribution is 9.10. The van der Waals surface area contributed by atoms with Crippen molar-refractivity contribution in [1.82, 2.24) is 15.6 Å². The summed E-state index contributed by atoms with van der Waals surface area (Å²) in [5, 5.41) is 6.92. The molecule has 2 heterocycles. The highest BCUT2D eigenvalue weighted by atomic mass is 79.9. The zero-order valence-corrected chi connectivity index (χ0v) is 11.5. The predicted octanol–water partition coefficient (Wildman–Crippen LogP) is 2.11. The summed E-state index contributed by atoms with van der Waals surface area (Å²) in [5.74, 6) is 0. The van der Waals surface area contributed by atoms with E-state index in [-0.39, 0.29) is 12.4 Å². The van der Waals surface area contributed by atoms with E-state index in [0.29, 0.717) is 6.04 Å². The lowest BCUT2D eigenvalue weighted by Gasteiger charge is -2.23. The third kappa shape index (κ3) is 4.37. The van der Waals surface area contributed by atoms with Crippen LogP contribution in [0.25, 0.3) is 0 Å². The molecule has 0 aliphatic carbocycles. The minimum atomic E-state index is 0. The number of halogens is 2. The molecule has 0 spiro atoms. The van der Waals surface area contributed by atoms with Crippen LogP contribution in [0.2, 0.25) is 0 Å². The van der Waals surface area contributed by atoms with E-state index >= 15 is 0 Å². The average Bonchev–Trinajstić information content (AvgIpc) is 2.30. The highest BCUT2D eigenvalue weighted by Gasteiger charge is 2.11. The van der Waals surface area contributed by atoms with Crippen LogP contribution in [-0.2, 0) is 6.54 Å². The van der Waals surface area contributed by atoms with Gasteiger partial charge in [0.2, 0.25) is 0 Å². The minimum absolute atomic E-state index is 0. The molecule has 2 N–H and O–H groups in total. The summed E-state index contributed by atoms with van der Waals surface area (Å²) in [6.45, 7) is 3.19. The molecule has 1 aromatic heterocycles. The second-order valence-electron chi connectivity index (χ2n) is 3.89. The Labute approximate surface area is 111 Å². The molecule has 16 heavy (non-hydrogen) atoms. The maximum atomic E-state index is 4.21. The van der Waals surface area contributed by atoms with Gasteiger partial charge in [0.05, 0.1) is 0 Å². The Hall–Kier alpha value is -0.160. The smallest absolute Gasteiger partial charge is 0.106 e. The van der Waals surface area contributed by atoms with Crippen molar-refractivity contribution in [3.63, 3.8) is 0 Å². The number of nitrogens with one attached hydrogen (secondary N) is 2. The molecule has 0 aromatic carbocycles. The number of nitrogens with zero attached hydrogens (tertiary/aromatic N) is 1. The fraction of sp³-hybridized carbons (Fsp3) is 0.545. The fourth-order valence-electron chi connectivity index (χ4n) is 1.80. The van der Waals surface area contributed by atoms with Gasteiger partial charge in [-0.2, -0.15) is 0 Å². The molecule has 0 unspecified atom stereocenters. The SMILES string of the molecule is Brc1ccc(CNC2CCNCC2)cn1.Cl. The van der Waals surface area contributed by atoms with Crippen LogP contribution in [0.5, 0.6) is 0 Å². The Morgan fingerprint density at radius 3 is 2.75 bits per heavy atom. The second-order valence-corrected chi connectivity index (χ2v) is 4.71. The van der Waals surface area contributed by atoms with E-state index in [1.165, 1.54) is 18.4 Å². The van der Waals surface area contributed by atoms with Gasteiger partial charge in [-0.25, -0.2) is 4.98 Å². The first-order valence-electron chi connectivity index (χ1n) is 5.39. The van der Waals surface area contributed by atoms with Crippen molar-refractivity contribution in [3.8, 4) is 0 Å². The second kappa shape index (κ2) is 7.22. The van der Waals surface area contributed by atoms with Gasteiger partial charge in [0.1, 0.15) is 4.60 Å². The molecule has 2 rings (SSSR count). The number of rotatable bonds is 3. The van der Waals surface area contributed by atoms with Crippen molar-refractivity contribution >= 4 is 28.3 Å². The van der Waals surface area contributed by atoms with Gasteiger partial charge in [0, 0.05) is 18.8 Å². The number of hydrogen-bond donors (Lipinski definition) is 2. The van der Waals surface area contributed by atoms with Gasteiger partial charge in [-0.1, -0.05) is 6.07 Å². The van der Waals surface area contributed by atoms with Gasteiger partial charge < -0.3 is 10.6 Å². The van der Waals surface area contributed by atoms with Crippen molar-refractivity contribution in [2.45, 2.75) is 25.4 Å². The lowest BCUT2D eigenvalue weighted by atomic mass is 10.1. The van der Waals surface area contributed by atoms with Crippen LogP contribution in [0.1, 0.15) is 18.4 Å². The molecule has 1 aliphatic rings. The molecule has 0 radical (unpaired) electrons. The molecule has 1 saturated heterocycles. The van der Waals surface area contributed by atoms with Crippen molar-refractivity contribution < 1.29 is 0 Å². The van der Waals surface area contributed by atoms with Crippen molar-refractivity contribution in [2.75, 3.05) is 13.1 Å². The number of aromatic nitrogens is 1. The lowest BCUT2D eigenvalue weighted by Crippen LogP contribution is -2.39. The van der Waals surface area contributed by atoms with Crippen LogP contribution in [-0.4, -0.2) is 24.1 Å². The summed E-state index contributed by atoms with van der Waals surface area (Å²) in [4.78, 5) is 4.21. The van der Waals surface area contributed by atoms with Gasteiger partial charge >= 0.3 is 0 Å². The Balaban J connectivity index is 0.00000128. The molecule has 1 aliphatic heterocycles. The monoisotopic (exact) mass is 305 g/mol. The zero-order chi connectivity index (χ0) is 10.5. The van der Waals surface area contributed by atoms with Crippen molar-refractivity contribution in [2.24, 2.45) is 0 Å². The van der Waals surface area contributed by atoms with Gasteiger partial charge in [-0.15, -0.1) is 12.4 Å². The highest BCUT2D eigenvalue weighted by Crippen LogP contribution is 2.07. The first-order valence-corrected chi connectivity index (χ1v) is 6.18. The Morgan fingerprint density at radius 2 is 2.12 bits per heavy atom. The predicted molar refractivity (Wildman–Crippen MR) is 71.9 cm³/mol. The Morgan fingerprint density at radius 1 is 1.38 bits per heavy atom. The maximum absolute atomic E-state index is 4.21. The van der Waals surface area contributed by atoms with Crippen molar-refractivity contribution in [1.29, 1.82) is 0 Å². The van der Waals surface area contributed by atoms with Crippen LogP contribution in [0.3, 0.4) is 0 Å². The van der Waals surface area contributed by atoms with Crippen LogP contribution >= 0.6 is 28.3 Å². The summed E-state index contributed by atoms with van der Waals surface area (Å²) in [7, 11) is 0. The summed E-state index contributed by atoms with van der Waals surface area (Å²) < 4.78 is 0.896. The van der Waals surface area contributed by atoms with Gasteiger partial charge in [0.25, 0.3) is 0 Å². The van der Waals surface area contributed by atoms with E-state index in [9.17, 15) is 0 Å². The molecule has 90 valence electrons. The maximum Gasteiger partial charge on any atom is 0.106 e. The number of hydrogen-bond acceptors (Lipinski definition) is 3. The summed E-state index contributed by atoms with van der Waals surface area (Å²) >= 11 is 3.33. The first-order chi connectivity index (χ1) is 7.34. The van der Waals surface area contributed by atoms with Gasteiger partial charge in [-0.3, -0.25) is 0 Å². The first kappa shape index (κ1) is 13.9. The molecule has 1 fully saturated rings. The van der Waals surface area contributed by atoms with E-state index in [2.05, 4.69) is 37.6 Å². The molecule has 3 nitrogen and oxygen atoms in total. The molecule has 1 aromatic rings. The van der Waals surface area contributed by atoms with Gasteiger partial charge in [0.15, 0.2) is 0 Å². The molecular formula is C11H17BrClN3. The van der Waals surface area contributed by atoms with Crippen LogP contribution < -0.4 is 10.6 Å². The van der Waals surface area contributed by atoms with Crippen LogP contribution in [0.15, 0.2) is 22.9 Å². The third-order valence-corrected chi connectivity index (χ3v) is 3.19. The summed E-state index contributed by atoms with van der Waals surface area (Å²) in [5.41, 5.74) is 1.25. The fourth-order valence-corrected chi connectivity index (χ4v) is 2.03. The quantitative estimate of drug-likeness (QED) is 0.840. The van der Waals surface area contributed by atoms with Crippen LogP contribution in [0, 0.1) is 0 Å². The Bertz CT molecular complexity index is 299. The Kier molecular flexibility index (Phi) is 6.28. The summed E-state index contributed by atoms with van der Waals surface area (Å²) in [6, 6.07) is 4.75. The zero-order valence-electron chi connectivity index (χ0n) is 9.08. The molecule has 0 saturated carbocycles. The van der Waals surface area contributed by atoms with E-state index < -0.39 is 0 Å². The van der Waals surface area contributed by atoms with E-state index in [1.54, 1.807) is 0 Å². The van der Waals surface area contributed by atoms with Gasteiger partial charge in [-0.05, 0) is 53.5 Å². The minimum Gasteiger partial charge on any atom is -0.317 e. The van der Waals surface area contributed by atoms with E-state index in [1.807, 2.05) is 12.3 Å². The number of pyridine rings is 1. The normalized spacial score (nSPS) is 16.8. The molecule has 5 heteroatoms. The van der Waals surface area contributed by atoms with Crippen LogP contribution in [0.4, 0.5) is 0 Å². The van der Waals surface area contributed by atoms with E-state index in [4.69, 9.17) is 0 Å². The molecule has 0 amide bonds. The standard InChI is InChI=1S/C11H16BrN3.ClH/c12-11-2-1-9(8-15-11)7-14-10-3-5-13-6-4-10;/h1-2,8,10,13-14H,3-7H2;1H. The average molecular weight is 307 g/mol. The molecule has 0 atom stereocenters. The van der Waals surface area contributed by atoms with E-state index in [0.717, 1.165) is 24.2 Å². The topological polar surface area (TPSA) is 37.0 Å². The largest absolute Gasteiger partial charge is 0.317 e. The number of piperidine rings is 1. The lowest BCUT2D eigenvalue weighted by molar-refractivity contribution is 0.386. The molecular weight excluding hydrogens is 289 g/mol. The van der Waals surface area contributed by atoms with Crippen molar-refractivity contribution in [3.05, 3.63) is 28.5 Å².